The molecule has 0 atom stereocenters. The van der Waals surface area contributed by atoms with E-state index in [0.717, 1.165) is 10.9 Å². The second-order valence-electron chi connectivity index (χ2n) is 10.6. The lowest BCUT2D eigenvalue weighted by molar-refractivity contribution is -0.143. The predicted molar refractivity (Wildman–Crippen MR) is 174 cm³/mol. The quantitative estimate of drug-likeness (QED) is 0.113. The number of aromatic nitrogens is 3. The number of rotatable bonds is 13. The molecule has 5 rings (SSSR count). The molecule has 0 saturated carbocycles. The van der Waals surface area contributed by atoms with Crippen molar-refractivity contribution in [2.45, 2.75) is 19.9 Å². The molecule has 0 aliphatic heterocycles. The van der Waals surface area contributed by atoms with E-state index < -0.39 is 16.3 Å². The molecular weight excluding hydrogens is 594 g/mol. The molecule has 0 aliphatic rings. The number of carbonyl (C=O) groups excluding carboxylic acids is 1. The van der Waals surface area contributed by atoms with Gasteiger partial charge in [-0.3, -0.25) is 15.2 Å². The Labute approximate surface area is 261 Å². The van der Waals surface area contributed by atoms with Gasteiger partial charge in [0.1, 0.15) is 23.7 Å². The molecule has 0 saturated heterocycles. The van der Waals surface area contributed by atoms with E-state index in [0.29, 0.717) is 46.6 Å². The van der Waals surface area contributed by atoms with Crippen LogP contribution in [0, 0.1) is 5.41 Å². The smallest absolute Gasteiger partial charge is 0.410 e. The number of imidazole rings is 1. The van der Waals surface area contributed by atoms with Gasteiger partial charge in [-0.05, 0) is 56.9 Å². The number of benzene rings is 3. The summed E-state index contributed by atoms with van der Waals surface area (Å²) >= 11 is 0. The maximum Gasteiger partial charge on any atom is 0.410 e. The van der Waals surface area contributed by atoms with Crippen molar-refractivity contribution in [3.8, 4) is 5.75 Å². The Hall–Kier alpha value is -5.01. The summed E-state index contributed by atoms with van der Waals surface area (Å²) in [6.45, 7) is 2.45. The number of pyridine rings is 1. The number of nitrogens with zero attached hydrogens (tertiary/aromatic N) is 5. The first-order valence-corrected chi connectivity index (χ1v) is 15.7. The molecule has 13 heteroatoms. The molecule has 0 aliphatic carbocycles. The van der Waals surface area contributed by atoms with Crippen LogP contribution in [0.3, 0.4) is 0 Å². The standard InChI is InChI=1S/C32H35N7O5S/c1-4-43-30(40)21-38-27-15-14-25(20-26(27)36-29(38)19-22-10-12-24(13-11-22)32(33)34)39(18-17-37(2)3)45(41,42)44-28-9-5-7-23-8-6-16-35-31(23)28/h5-16,20H,4,17-19,21H2,1-3H3,(H3,33,34). The fourth-order valence-electron chi connectivity index (χ4n) is 4.92. The van der Waals surface area contributed by atoms with Crippen molar-refractivity contribution in [1.82, 2.24) is 19.4 Å². The highest BCUT2D eigenvalue weighted by Gasteiger charge is 2.27. The van der Waals surface area contributed by atoms with Crippen molar-refractivity contribution >= 4 is 49.7 Å². The molecule has 0 spiro atoms. The third-order valence-corrected chi connectivity index (χ3v) is 8.45. The average molecular weight is 630 g/mol. The average Bonchev–Trinajstić information content (AvgIpc) is 3.33. The first kappa shape index (κ1) is 31.4. The lowest BCUT2D eigenvalue weighted by Gasteiger charge is -2.25. The number of amidine groups is 1. The van der Waals surface area contributed by atoms with Crippen molar-refractivity contribution in [2.75, 3.05) is 38.1 Å². The maximum absolute atomic E-state index is 13.8. The lowest BCUT2D eigenvalue weighted by Crippen LogP contribution is -2.39. The van der Waals surface area contributed by atoms with Crippen LogP contribution in [0.2, 0.25) is 0 Å². The van der Waals surface area contributed by atoms with E-state index in [1.54, 1.807) is 66.2 Å². The van der Waals surface area contributed by atoms with Crippen LogP contribution in [0.1, 0.15) is 23.9 Å². The second kappa shape index (κ2) is 13.3. The number of anilines is 1. The van der Waals surface area contributed by atoms with Crippen LogP contribution in [-0.2, 0) is 32.8 Å². The molecule has 5 aromatic rings. The van der Waals surface area contributed by atoms with E-state index in [4.69, 9.17) is 25.0 Å². The lowest BCUT2D eigenvalue weighted by atomic mass is 10.1. The monoisotopic (exact) mass is 629 g/mol. The fraction of sp³-hybridized carbons (Fsp3) is 0.250. The van der Waals surface area contributed by atoms with E-state index in [9.17, 15) is 13.2 Å². The van der Waals surface area contributed by atoms with Crippen molar-refractivity contribution in [2.24, 2.45) is 5.73 Å². The molecule has 234 valence electrons. The van der Waals surface area contributed by atoms with Gasteiger partial charge in [0, 0.05) is 36.7 Å². The van der Waals surface area contributed by atoms with Gasteiger partial charge in [-0.15, -0.1) is 0 Å². The molecule has 0 fully saturated rings. The minimum atomic E-state index is -4.34. The molecule has 12 nitrogen and oxygen atoms in total. The minimum Gasteiger partial charge on any atom is -0.465 e. The predicted octanol–water partition coefficient (Wildman–Crippen LogP) is 3.71. The Balaban J connectivity index is 1.54. The summed E-state index contributed by atoms with van der Waals surface area (Å²) in [6.07, 6.45) is 1.96. The Kier molecular flexibility index (Phi) is 9.30. The molecule has 3 N–H and O–H groups in total. The summed E-state index contributed by atoms with van der Waals surface area (Å²) in [6, 6.07) is 21.1. The zero-order valence-corrected chi connectivity index (χ0v) is 26.1. The molecule has 2 aromatic heterocycles. The summed E-state index contributed by atoms with van der Waals surface area (Å²) in [7, 11) is -0.629. The molecule has 2 heterocycles. The molecular formula is C32H35N7O5S. The third-order valence-electron chi connectivity index (χ3n) is 7.13. The van der Waals surface area contributed by atoms with Crippen molar-refractivity contribution < 1.29 is 22.1 Å². The summed E-state index contributed by atoms with van der Waals surface area (Å²) in [5, 5.41) is 8.40. The molecule has 0 radical (unpaired) electrons. The number of likely N-dealkylation sites (N-methyl/N-ethyl adjacent to an activating group) is 1. The molecule has 0 unspecified atom stereocenters. The Morgan fingerprint density at radius 1 is 1.02 bits per heavy atom. The second-order valence-corrected chi connectivity index (χ2v) is 12.1. The number of nitrogens with one attached hydrogen (secondary N) is 1. The van der Waals surface area contributed by atoms with Crippen LogP contribution in [0.25, 0.3) is 21.9 Å². The van der Waals surface area contributed by atoms with Gasteiger partial charge in [-0.1, -0.05) is 42.5 Å². The normalized spacial score (nSPS) is 11.6. The summed E-state index contributed by atoms with van der Waals surface area (Å²) in [4.78, 5) is 23.6. The first-order valence-electron chi connectivity index (χ1n) is 14.3. The Morgan fingerprint density at radius 2 is 1.78 bits per heavy atom. The highest BCUT2D eigenvalue weighted by Crippen LogP contribution is 2.30. The topological polar surface area (TPSA) is 157 Å². The summed E-state index contributed by atoms with van der Waals surface area (Å²) < 4.78 is 41.6. The maximum atomic E-state index is 13.8. The van der Waals surface area contributed by atoms with Gasteiger partial charge in [-0.25, -0.2) is 9.29 Å². The number of carbonyl (C=O) groups is 1. The highest BCUT2D eigenvalue weighted by molar-refractivity contribution is 7.88. The number of ether oxygens (including phenoxy) is 1. The molecule has 0 amide bonds. The Morgan fingerprint density at radius 3 is 2.49 bits per heavy atom. The van der Waals surface area contributed by atoms with E-state index >= 15 is 0 Å². The third kappa shape index (κ3) is 7.21. The van der Waals surface area contributed by atoms with Crippen LogP contribution in [0.4, 0.5) is 5.69 Å². The number of esters is 1. The summed E-state index contributed by atoms with van der Waals surface area (Å²) in [5.74, 6) is 0.270. The number of hydrogen-bond donors (Lipinski definition) is 2. The van der Waals surface area contributed by atoms with Crippen LogP contribution in [0.15, 0.2) is 79.0 Å². The number of nitrogens with two attached hydrogens (primary N) is 1. The SMILES string of the molecule is CCOC(=O)Cn1c(Cc2ccc(C(=N)N)cc2)nc2cc(N(CCN(C)C)S(=O)(=O)Oc3cccc4cccnc34)ccc21. The van der Waals surface area contributed by atoms with Gasteiger partial charge in [0.25, 0.3) is 0 Å². The molecule has 0 bridgehead atoms. The zero-order chi connectivity index (χ0) is 32.1. The van der Waals surface area contributed by atoms with Gasteiger partial charge < -0.3 is 24.1 Å². The van der Waals surface area contributed by atoms with Gasteiger partial charge in [0.2, 0.25) is 0 Å². The number of fused-ring (bicyclic) bond motifs is 2. The molecule has 45 heavy (non-hydrogen) atoms. The van der Waals surface area contributed by atoms with Gasteiger partial charge in [-0.2, -0.15) is 8.42 Å². The van der Waals surface area contributed by atoms with E-state index in [1.807, 2.05) is 43.3 Å². The number of hydrogen-bond acceptors (Lipinski definition) is 9. The summed E-state index contributed by atoms with van der Waals surface area (Å²) in [5.41, 5.74) is 9.04. The van der Waals surface area contributed by atoms with Crippen LogP contribution in [0.5, 0.6) is 5.75 Å². The molecule has 3 aromatic carbocycles. The van der Waals surface area contributed by atoms with E-state index in [-0.39, 0.29) is 31.3 Å². The van der Waals surface area contributed by atoms with Crippen molar-refractivity contribution in [1.29, 1.82) is 5.41 Å². The van der Waals surface area contributed by atoms with E-state index in [2.05, 4.69) is 4.98 Å². The minimum absolute atomic E-state index is 0.0295. The highest BCUT2D eigenvalue weighted by atomic mass is 32.2. The van der Waals surface area contributed by atoms with E-state index in [1.165, 1.54) is 4.31 Å². The van der Waals surface area contributed by atoms with Crippen LogP contribution in [-0.4, -0.2) is 73.4 Å². The van der Waals surface area contributed by atoms with Crippen LogP contribution < -0.4 is 14.2 Å². The largest absolute Gasteiger partial charge is 0.465 e. The first-order chi connectivity index (χ1) is 21.6. The zero-order valence-electron chi connectivity index (χ0n) is 25.3. The fourth-order valence-corrected chi connectivity index (χ4v) is 6.05. The van der Waals surface area contributed by atoms with Crippen molar-refractivity contribution in [3.05, 3.63) is 95.9 Å². The van der Waals surface area contributed by atoms with Gasteiger partial charge in [0.05, 0.1) is 23.3 Å². The van der Waals surface area contributed by atoms with Gasteiger partial charge >= 0.3 is 16.3 Å². The van der Waals surface area contributed by atoms with Crippen LogP contribution >= 0.6 is 0 Å². The van der Waals surface area contributed by atoms with Crippen molar-refractivity contribution in [3.63, 3.8) is 0 Å². The Bertz CT molecular complexity index is 1950. The number of para-hydroxylation sites is 1. The van der Waals surface area contributed by atoms with Gasteiger partial charge in [0.15, 0.2) is 5.75 Å². The number of nitrogen functional groups attached to an aromatic ring is 1.